The van der Waals surface area contributed by atoms with Crippen LogP contribution in [0.5, 0.6) is 5.75 Å². The molecule has 2 aromatic carbocycles. The Morgan fingerprint density at radius 2 is 1.84 bits per heavy atom. The molecule has 0 saturated carbocycles. The van der Waals surface area contributed by atoms with Crippen molar-refractivity contribution in [2.75, 3.05) is 10.2 Å². The molecular formula is C22H18ClF2N3O3. The molecule has 0 aliphatic carbocycles. The second-order valence-corrected chi connectivity index (χ2v) is 6.85. The molecule has 3 aromatic rings. The minimum atomic E-state index is -2.94. The van der Waals surface area contributed by atoms with Gasteiger partial charge in [-0.05, 0) is 42.0 Å². The van der Waals surface area contributed by atoms with Gasteiger partial charge in [0.1, 0.15) is 11.6 Å². The van der Waals surface area contributed by atoms with Gasteiger partial charge in [0.25, 0.3) is 0 Å². The fourth-order valence-electron chi connectivity index (χ4n) is 2.89. The minimum Gasteiger partial charge on any atom is -0.435 e. The Morgan fingerprint density at radius 1 is 1.13 bits per heavy atom. The number of aromatic nitrogens is 1. The summed E-state index contributed by atoms with van der Waals surface area (Å²) in [6, 6.07) is 15.7. The second kappa shape index (κ2) is 9.99. The van der Waals surface area contributed by atoms with E-state index in [4.69, 9.17) is 11.6 Å². The maximum atomic E-state index is 12.4. The number of nitrogens with zero attached hydrogens (tertiary/aromatic N) is 2. The van der Waals surface area contributed by atoms with E-state index in [0.717, 1.165) is 0 Å². The molecule has 1 heterocycles. The zero-order valence-electron chi connectivity index (χ0n) is 16.4. The maximum Gasteiger partial charge on any atom is 0.387 e. The van der Waals surface area contributed by atoms with Crippen LogP contribution in [0, 0.1) is 0 Å². The molecule has 9 heteroatoms. The van der Waals surface area contributed by atoms with Crippen LogP contribution in [0.1, 0.15) is 12.5 Å². The van der Waals surface area contributed by atoms with Gasteiger partial charge in [0.2, 0.25) is 11.8 Å². The molecule has 0 fully saturated rings. The number of pyridine rings is 1. The van der Waals surface area contributed by atoms with Crippen molar-refractivity contribution < 1.29 is 23.1 Å². The first-order valence-corrected chi connectivity index (χ1v) is 9.56. The standard InChI is InChI=1S/C22H18ClF2N3O3/c1-14(29)28(17-6-8-18(9-7-17)31-22(24)25)20-13-16(10-11-26-20)27-21(30)12-15-4-2-3-5-19(15)23/h2-11,13,22H,12H2,1H3,(H,26,27,30). The van der Waals surface area contributed by atoms with Crippen LogP contribution in [0.15, 0.2) is 66.9 Å². The Morgan fingerprint density at radius 3 is 2.48 bits per heavy atom. The van der Waals surface area contributed by atoms with Crippen LogP contribution in [-0.4, -0.2) is 23.4 Å². The Kier molecular flexibility index (Phi) is 7.15. The Bertz CT molecular complexity index is 1080. The van der Waals surface area contributed by atoms with Gasteiger partial charge in [-0.15, -0.1) is 0 Å². The third kappa shape index (κ3) is 5.99. The largest absolute Gasteiger partial charge is 0.435 e. The molecule has 31 heavy (non-hydrogen) atoms. The number of hydrogen-bond donors (Lipinski definition) is 1. The molecule has 0 aliphatic rings. The Balaban J connectivity index is 1.78. The molecule has 0 unspecified atom stereocenters. The summed E-state index contributed by atoms with van der Waals surface area (Å²) in [6.45, 7) is -1.60. The van der Waals surface area contributed by atoms with Gasteiger partial charge in [-0.25, -0.2) is 4.98 Å². The molecule has 0 saturated heterocycles. The van der Waals surface area contributed by atoms with E-state index in [0.29, 0.717) is 22.0 Å². The van der Waals surface area contributed by atoms with Crippen LogP contribution >= 0.6 is 11.6 Å². The maximum absolute atomic E-state index is 12.4. The van der Waals surface area contributed by atoms with Crippen LogP contribution in [0.4, 0.5) is 26.0 Å². The highest BCUT2D eigenvalue weighted by Crippen LogP contribution is 2.28. The monoisotopic (exact) mass is 445 g/mol. The van der Waals surface area contributed by atoms with Crippen molar-refractivity contribution in [3.63, 3.8) is 0 Å². The zero-order valence-corrected chi connectivity index (χ0v) is 17.1. The van der Waals surface area contributed by atoms with Crippen molar-refractivity contribution in [3.8, 4) is 5.75 Å². The molecule has 6 nitrogen and oxygen atoms in total. The molecule has 0 bridgehead atoms. The number of nitrogens with one attached hydrogen (secondary N) is 1. The van der Waals surface area contributed by atoms with Gasteiger partial charge in [-0.2, -0.15) is 8.78 Å². The van der Waals surface area contributed by atoms with Crippen LogP contribution in [0.25, 0.3) is 0 Å². The van der Waals surface area contributed by atoms with Gasteiger partial charge >= 0.3 is 6.61 Å². The van der Waals surface area contributed by atoms with E-state index in [9.17, 15) is 18.4 Å². The summed E-state index contributed by atoms with van der Waals surface area (Å²) in [6.07, 6.45) is 1.53. The van der Waals surface area contributed by atoms with Crippen LogP contribution in [0.3, 0.4) is 0 Å². The molecule has 0 atom stereocenters. The molecule has 1 aromatic heterocycles. The number of benzene rings is 2. The second-order valence-electron chi connectivity index (χ2n) is 6.45. The third-order valence-corrected chi connectivity index (χ3v) is 4.57. The number of amides is 2. The lowest BCUT2D eigenvalue weighted by Gasteiger charge is -2.21. The summed E-state index contributed by atoms with van der Waals surface area (Å²) in [4.78, 5) is 30.1. The van der Waals surface area contributed by atoms with Gasteiger partial charge in [0.15, 0.2) is 0 Å². The molecule has 0 spiro atoms. The van der Waals surface area contributed by atoms with E-state index in [1.54, 1.807) is 30.3 Å². The fourth-order valence-corrected chi connectivity index (χ4v) is 3.09. The summed E-state index contributed by atoms with van der Waals surface area (Å²) in [5.41, 5.74) is 1.53. The highest BCUT2D eigenvalue weighted by Gasteiger charge is 2.17. The molecule has 2 amide bonds. The fraction of sp³-hybridized carbons (Fsp3) is 0.136. The summed E-state index contributed by atoms with van der Waals surface area (Å²) in [7, 11) is 0. The van der Waals surface area contributed by atoms with Crippen molar-refractivity contribution in [1.29, 1.82) is 0 Å². The van der Waals surface area contributed by atoms with E-state index in [1.807, 2.05) is 0 Å². The van der Waals surface area contributed by atoms with E-state index in [-0.39, 0.29) is 29.8 Å². The Labute approximate surface area is 182 Å². The van der Waals surface area contributed by atoms with Crippen molar-refractivity contribution in [3.05, 3.63) is 77.4 Å². The molecule has 0 aliphatic heterocycles. The average Bonchev–Trinajstić information content (AvgIpc) is 2.71. The molecule has 160 valence electrons. The summed E-state index contributed by atoms with van der Waals surface area (Å²) >= 11 is 6.09. The average molecular weight is 446 g/mol. The van der Waals surface area contributed by atoms with Gasteiger partial charge < -0.3 is 10.1 Å². The van der Waals surface area contributed by atoms with Gasteiger partial charge in [0, 0.05) is 29.9 Å². The summed E-state index contributed by atoms with van der Waals surface area (Å²) < 4.78 is 29.0. The number of carbonyl (C=O) groups is 2. The quantitative estimate of drug-likeness (QED) is 0.542. The van der Waals surface area contributed by atoms with Crippen molar-refractivity contribution >= 4 is 40.6 Å². The smallest absolute Gasteiger partial charge is 0.387 e. The number of anilines is 3. The minimum absolute atomic E-state index is 0.0317. The number of ether oxygens (including phenoxy) is 1. The zero-order chi connectivity index (χ0) is 22.4. The predicted molar refractivity (Wildman–Crippen MR) is 114 cm³/mol. The van der Waals surface area contributed by atoms with Crippen molar-refractivity contribution in [1.82, 2.24) is 4.98 Å². The molecule has 1 N–H and O–H groups in total. The summed E-state index contributed by atoms with van der Waals surface area (Å²) in [5, 5.41) is 3.25. The lowest BCUT2D eigenvalue weighted by atomic mass is 10.1. The lowest BCUT2D eigenvalue weighted by Crippen LogP contribution is -2.24. The summed E-state index contributed by atoms with van der Waals surface area (Å²) in [5.74, 6) is -0.413. The van der Waals surface area contributed by atoms with Gasteiger partial charge in [-0.1, -0.05) is 29.8 Å². The number of carbonyl (C=O) groups excluding carboxylic acids is 2. The molecule has 0 radical (unpaired) electrons. The lowest BCUT2D eigenvalue weighted by molar-refractivity contribution is -0.116. The molecule has 3 rings (SSSR count). The van der Waals surface area contributed by atoms with E-state index < -0.39 is 6.61 Å². The van der Waals surface area contributed by atoms with Gasteiger partial charge in [-0.3, -0.25) is 14.5 Å². The number of hydrogen-bond acceptors (Lipinski definition) is 4. The Hall–Kier alpha value is -3.52. The van der Waals surface area contributed by atoms with E-state index >= 15 is 0 Å². The van der Waals surface area contributed by atoms with Crippen LogP contribution < -0.4 is 15.0 Å². The SMILES string of the molecule is CC(=O)N(c1ccc(OC(F)F)cc1)c1cc(NC(=O)Cc2ccccc2Cl)ccn1. The van der Waals surface area contributed by atoms with Gasteiger partial charge in [0.05, 0.1) is 12.1 Å². The first-order valence-electron chi connectivity index (χ1n) is 9.18. The number of rotatable bonds is 7. The third-order valence-electron chi connectivity index (χ3n) is 4.20. The molecular weight excluding hydrogens is 428 g/mol. The van der Waals surface area contributed by atoms with Crippen LogP contribution in [0.2, 0.25) is 5.02 Å². The number of alkyl halides is 2. The normalized spacial score (nSPS) is 10.6. The van der Waals surface area contributed by atoms with Crippen molar-refractivity contribution in [2.24, 2.45) is 0 Å². The van der Waals surface area contributed by atoms with E-state index in [2.05, 4.69) is 15.0 Å². The first-order chi connectivity index (χ1) is 14.8. The topological polar surface area (TPSA) is 71.5 Å². The van der Waals surface area contributed by atoms with Crippen molar-refractivity contribution in [2.45, 2.75) is 20.0 Å². The van der Waals surface area contributed by atoms with E-state index in [1.165, 1.54) is 48.4 Å². The highest BCUT2D eigenvalue weighted by molar-refractivity contribution is 6.31. The highest BCUT2D eigenvalue weighted by atomic mass is 35.5. The van der Waals surface area contributed by atoms with Crippen LogP contribution in [-0.2, 0) is 16.0 Å². The predicted octanol–water partition coefficient (Wildman–Crippen LogP) is 5.20. The number of halogens is 3. The first kappa shape index (κ1) is 22.2.